The van der Waals surface area contributed by atoms with Gasteiger partial charge in [-0.15, -0.1) is 0 Å². The predicted molar refractivity (Wildman–Crippen MR) is 264 cm³/mol. The van der Waals surface area contributed by atoms with Gasteiger partial charge in [-0.3, -0.25) is 38.5 Å². The van der Waals surface area contributed by atoms with Crippen LogP contribution in [0.4, 0.5) is 0 Å². The monoisotopic (exact) mass is 1080 g/mol. The SMILES string of the molecule is CC[C@@H](C)[C@@H]([C@@H](CC(=O)N1CCC[C@H]1[C@H](OC)[C@@H](C)C(=O)NC(Cc1ccccc1)C(=O)O)OC)N(C)C(=O)[C@@H](NC(=O)[C@H](C(C)C)N(C)C(=O)CCCCCN1C(=O)C(Br)=C(Br)C1=O)C(C)C. The van der Waals surface area contributed by atoms with Crippen LogP contribution in [0.3, 0.4) is 0 Å². The van der Waals surface area contributed by atoms with Crippen molar-refractivity contribution in [1.82, 2.24) is 30.2 Å². The minimum atomic E-state index is -1.16. The number of nitrogens with one attached hydrogen (secondary N) is 2. The molecule has 0 aromatic heterocycles. The molecule has 380 valence electrons. The topological polar surface area (TPSA) is 212 Å². The lowest BCUT2D eigenvalue weighted by Gasteiger charge is -2.41. The number of likely N-dealkylation sites (tertiary alicyclic amines) is 1. The lowest BCUT2D eigenvalue weighted by atomic mass is 9.89. The molecule has 0 spiro atoms. The van der Waals surface area contributed by atoms with Crippen LogP contribution >= 0.6 is 31.9 Å². The fraction of sp³-hybridized carbons (Fsp3) is 0.673. The summed E-state index contributed by atoms with van der Waals surface area (Å²) in [5.41, 5.74) is 0.761. The summed E-state index contributed by atoms with van der Waals surface area (Å²) < 4.78 is 12.3. The number of carboxylic acids is 1. The predicted octanol–water partition coefficient (Wildman–Crippen LogP) is 5.27. The summed E-state index contributed by atoms with van der Waals surface area (Å²) >= 11 is 6.25. The van der Waals surface area contributed by atoms with Gasteiger partial charge < -0.3 is 39.9 Å². The standard InChI is InChI=1S/C49H74Br2N6O11/c1-12-30(6)42(35(67-10)27-37(59)56-25-19-22-34(56)43(68-11)31(7)44(60)52-33(49(65)66)26-32-20-15-13-16-21-32)55(9)48(64)40(28(2)3)53-45(61)41(29(4)5)54(8)36(58)23-17-14-18-24-57-46(62)38(50)39(51)47(57)63/h13,15-16,20-21,28-31,33-35,40-43H,12,14,17-19,22-27H2,1-11H3,(H,52,60)(H,53,61)(H,65,66)/t30-,31-,33?,34+,35-,40+,41+,42+,43-/m1/s1. The van der Waals surface area contributed by atoms with E-state index in [0.717, 1.165) is 10.5 Å². The van der Waals surface area contributed by atoms with Crippen molar-refractivity contribution >= 4 is 79.2 Å². The fourth-order valence-electron chi connectivity index (χ4n) is 9.33. The third-order valence-electron chi connectivity index (χ3n) is 13.4. The first-order chi connectivity index (χ1) is 32.0. The molecule has 3 N–H and O–H groups in total. The summed E-state index contributed by atoms with van der Waals surface area (Å²) in [6, 6.07) is 4.93. The molecule has 0 radical (unpaired) electrons. The largest absolute Gasteiger partial charge is 0.480 e. The smallest absolute Gasteiger partial charge is 0.326 e. The summed E-state index contributed by atoms with van der Waals surface area (Å²) in [6.07, 6.45) is 2.09. The van der Waals surface area contributed by atoms with E-state index in [1.54, 1.807) is 55.1 Å². The zero-order chi connectivity index (χ0) is 51.2. The van der Waals surface area contributed by atoms with Gasteiger partial charge in [0.15, 0.2) is 0 Å². The number of imide groups is 1. The molecule has 1 aromatic carbocycles. The third kappa shape index (κ3) is 14.9. The van der Waals surface area contributed by atoms with E-state index in [-0.39, 0.29) is 70.2 Å². The number of hydrogen-bond acceptors (Lipinski definition) is 10. The fourth-order valence-corrected chi connectivity index (χ4v) is 10.1. The number of rotatable bonds is 27. The highest BCUT2D eigenvalue weighted by molar-refractivity contribution is 9.14. The number of aliphatic carboxylic acids is 1. The first-order valence-electron chi connectivity index (χ1n) is 23.7. The van der Waals surface area contributed by atoms with Gasteiger partial charge in [0.2, 0.25) is 29.5 Å². The van der Waals surface area contributed by atoms with Crippen molar-refractivity contribution in [1.29, 1.82) is 0 Å². The van der Waals surface area contributed by atoms with Gasteiger partial charge in [0.1, 0.15) is 27.1 Å². The van der Waals surface area contributed by atoms with E-state index in [2.05, 4.69) is 42.5 Å². The molecule has 9 atom stereocenters. The number of halogens is 2. The molecule has 2 aliphatic rings. The van der Waals surface area contributed by atoms with E-state index in [9.17, 15) is 43.5 Å². The molecule has 1 saturated heterocycles. The van der Waals surface area contributed by atoms with Crippen LogP contribution in [0.5, 0.6) is 0 Å². The van der Waals surface area contributed by atoms with Crippen LogP contribution in [0.15, 0.2) is 39.3 Å². The molecular weight excluding hydrogens is 1010 g/mol. The molecule has 7 amide bonds. The second-order valence-electron chi connectivity index (χ2n) is 18.8. The van der Waals surface area contributed by atoms with Gasteiger partial charge in [-0.2, -0.15) is 0 Å². The van der Waals surface area contributed by atoms with Crippen LogP contribution in [0.2, 0.25) is 0 Å². The van der Waals surface area contributed by atoms with Crippen molar-refractivity contribution in [3.05, 3.63) is 44.9 Å². The lowest BCUT2D eigenvalue weighted by Crippen LogP contribution is -2.60. The number of carboxylic acid groups (broad SMARTS) is 1. The van der Waals surface area contributed by atoms with Crippen molar-refractivity contribution in [2.24, 2.45) is 23.7 Å². The van der Waals surface area contributed by atoms with Crippen molar-refractivity contribution in [3.63, 3.8) is 0 Å². The maximum absolute atomic E-state index is 14.6. The van der Waals surface area contributed by atoms with Gasteiger partial charge in [-0.25, -0.2) is 4.79 Å². The van der Waals surface area contributed by atoms with E-state index in [0.29, 0.717) is 45.1 Å². The molecule has 1 aromatic rings. The van der Waals surface area contributed by atoms with E-state index in [1.165, 1.54) is 19.1 Å². The number of unbranched alkanes of at least 4 members (excludes halogenated alkanes) is 2. The minimum Gasteiger partial charge on any atom is -0.480 e. The highest BCUT2D eigenvalue weighted by Crippen LogP contribution is 2.31. The Morgan fingerprint density at radius 3 is 1.99 bits per heavy atom. The van der Waals surface area contributed by atoms with Crippen LogP contribution in [0, 0.1) is 23.7 Å². The van der Waals surface area contributed by atoms with Crippen molar-refractivity contribution < 1.29 is 52.9 Å². The Kier molecular flexibility index (Phi) is 23.3. The van der Waals surface area contributed by atoms with Gasteiger partial charge >= 0.3 is 5.97 Å². The van der Waals surface area contributed by atoms with Crippen molar-refractivity contribution in [3.8, 4) is 0 Å². The van der Waals surface area contributed by atoms with Crippen LogP contribution in [-0.2, 0) is 54.3 Å². The normalized spacial score (nSPS) is 18.8. The van der Waals surface area contributed by atoms with Crippen LogP contribution in [0.1, 0.15) is 105 Å². The number of benzene rings is 1. The molecule has 17 nitrogen and oxygen atoms in total. The quantitative estimate of drug-likeness (QED) is 0.0763. The Morgan fingerprint density at radius 2 is 1.46 bits per heavy atom. The number of ether oxygens (including phenoxy) is 2. The number of carbonyl (C=O) groups is 8. The summed E-state index contributed by atoms with van der Waals surface area (Å²) in [5.74, 6) is -5.44. The Hall–Kier alpha value is -4.20. The highest BCUT2D eigenvalue weighted by Gasteiger charge is 2.44. The second kappa shape index (κ2) is 27.3. The molecule has 0 aliphatic carbocycles. The summed E-state index contributed by atoms with van der Waals surface area (Å²) in [5, 5.41) is 15.6. The first-order valence-corrected chi connectivity index (χ1v) is 25.3. The molecule has 0 bridgehead atoms. The maximum atomic E-state index is 14.6. The molecule has 1 fully saturated rings. The zero-order valence-corrected chi connectivity index (χ0v) is 44.8. The first kappa shape index (κ1) is 58.1. The van der Waals surface area contributed by atoms with Gasteiger partial charge in [-0.1, -0.05) is 91.6 Å². The number of nitrogens with zero attached hydrogens (tertiary/aromatic N) is 4. The van der Waals surface area contributed by atoms with Crippen LogP contribution in [-0.4, -0.2) is 156 Å². The van der Waals surface area contributed by atoms with Gasteiger partial charge in [0.05, 0.1) is 36.6 Å². The molecule has 19 heteroatoms. The van der Waals surface area contributed by atoms with E-state index in [4.69, 9.17) is 9.47 Å². The van der Waals surface area contributed by atoms with Crippen LogP contribution in [0.25, 0.3) is 0 Å². The van der Waals surface area contributed by atoms with Gasteiger partial charge in [0.25, 0.3) is 11.8 Å². The van der Waals surface area contributed by atoms with Crippen molar-refractivity contribution in [2.45, 2.75) is 149 Å². The average molecular weight is 1080 g/mol. The third-order valence-corrected chi connectivity index (χ3v) is 15.4. The number of methoxy groups -OCH3 is 2. The van der Waals surface area contributed by atoms with Gasteiger partial charge in [0, 0.05) is 54.2 Å². The molecule has 1 unspecified atom stereocenters. The maximum Gasteiger partial charge on any atom is 0.326 e. The van der Waals surface area contributed by atoms with Gasteiger partial charge in [-0.05, 0) is 80.9 Å². The molecule has 0 saturated carbocycles. The Bertz CT molecular complexity index is 1940. The second-order valence-corrected chi connectivity index (χ2v) is 20.4. The summed E-state index contributed by atoms with van der Waals surface area (Å²) in [4.78, 5) is 113. The average Bonchev–Trinajstić information content (AvgIpc) is 3.86. The van der Waals surface area contributed by atoms with E-state index in [1.807, 2.05) is 47.6 Å². The van der Waals surface area contributed by atoms with E-state index >= 15 is 0 Å². The zero-order valence-electron chi connectivity index (χ0n) is 41.6. The summed E-state index contributed by atoms with van der Waals surface area (Å²) in [6.45, 7) is 13.6. The lowest BCUT2D eigenvalue weighted by molar-refractivity contribution is -0.149. The highest BCUT2D eigenvalue weighted by atomic mass is 79.9. The number of hydrogen-bond donors (Lipinski definition) is 3. The minimum absolute atomic E-state index is 0.0862. The number of amides is 7. The molecular formula is C49H74Br2N6O11. The molecule has 2 heterocycles. The summed E-state index contributed by atoms with van der Waals surface area (Å²) in [7, 11) is 6.20. The Labute approximate surface area is 419 Å². The number of likely N-dealkylation sites (N-methyl/N-ethyl adjacent to an activating group) is 2. The van der Waals surface area contributed by atoms with E-state index < -0.39 is 77.9 Å². The Morgan fingerprint density at radius 1 is 0.838 bits per heavy atom. The Balaban J connectivity index is 1.70. The van der Waals surface area contributed by atoms with Crippen molar-refractivity contribution in [2.75, 3.05) is 41.4 Å². The molecule has 68 heavy (non-hydrogen) atoms. The number of carbonyl (C=O) groups excluding carboxylic acids is 7. The molecule has 3 rings (SSSR count). The molecule has 2 aliphatic heterocycles. The van der Waals surface area contributed by atoms with Crippen LogP contribution < -0.4 is 10.6 Å².